The number of thiocarbonyl (C=S) groups is 1. The maximum atomic E-state index is 13.3. The minimum Gasteiger partial charge on any atom is -0.493 e. The number of rotatable bonds is 10. The fourth-order valence-electron chi connectivity index (χ4n) is 3.02. The second-order valence-corrected chi connectivity index (χ2v) is 9.14. The molecule has 1 N–H and O–H groups in total. The summed E-state index contributed by atoms with van der Waals surface area (Å²) in [4.78, 5) is 26.9. The molecule has 0 spiro atoms. The lowest BCUT2D eigenvalue weighted by molar-refractivity contribution is -0.122. The topological polar surface area (TPSA) is 77.1 Å². The van der Waals surface area contributed by atoms with Gasteiger partial charge in [0.15, 0.2) is 18.1 Å². The van der Waals surface area contributed by atoms with Crippen LogP contribution in [0.4, 0.5) is 10.1 Å². The summed E-state index contributed by atoms with van der Waals surface area (Å²) in [5.41, 5.74) is 1.06. The third kappa shape index (κ3) is 6.69. The van der Waals surface area contributed by atoms with Crippen molar-refractivity contribution in [2.45, 2.75) is 6.42 Å². The van der Waals surface area contributed by atoms with E-state index >= 15 is 0 Å². The van der Waals surface area contributed by atoms with Gasteiger partial charge in [0.25, 0.3) is 11.8 Å². The van der Waals surface area contributed by atoms with Crippen molar-refractivity contribution >= 4 is 63.5 Å². The van der Waals surface area contributed by atoms with E-state index in [0.29, 0.717) is 51.5 Å². The molecule has 1 saturated heterocycles. The average molecular weight is 525 g/mol. The Bertz CT molecular complexity index is 1130. The summed E-state index contributed by atoms with van der Waals surface area (Å²) in [6.45, 7) is 0.743. The number of anilines is 1. The molecule has 1 aliphatic heterocycles. The Labute approximate surface area is 211 Å². The zero-order valence-corrected chi connectivity index (χ0v) is 20.8. The highest BCUT2D eigenvalue weighted by Gasteiger charge is 2.31. The number of halogens is 2. The van der Waals surface area contributed by atoms with Crippen molar-refractivity contribution in [3.8, 4) is 11.5 Å². The van der Waals surface area contributed by atoms with E-state index < -0.39 is 11.7 Å². The molecule has 1 aliphatic rings. The highest BCUT2D eigenvalue weighted by molar-refractivity contribution is 8.26. The first kappa shape index (κ1) is 26.0. The molecule has 2 aromatic carbocycles. The highest BCUT2D eigenvalue weighted by Crippen LogP contribution is 2.35. The third-order valence-electron chi connectivity index (χ3n) is 4.65. The van der Waals surface area contributed by atoms with Gasteiger partial charge in [0.2, 0.25) is 0 Å². The lowest BCUT2D eigenvalue weighted by Gasteiger charge is -2.13. The summed E-state index contributed by atoms with van der Waals surface area (Å²) in [6.07, 6.45) is 2.42. The monoisotopic (exact) mass is 524 g/mol. The minimum absolute atomic E-state index is 0.0946. The Morgan fingerprint density at radius 1 is 1.24 bits per heavy atom. The zero-order valence-electron chi connectivity index (χ0n) is 18.4. The molecule has 0 saturated carbocycles. The van der Waals surface area contributed by atoms with E-state index in [0.717, 1.165) is 6.07 Å². The first-order valence-electron chi connectivity index (χ1n) is 10.1. The molecule has 0 aliphatic carbocycles. The smallest absolute Gasteiger partial charge is 0.266 e. The number of ether oxygens (including phenoxy) is 3. The van der Waals surface area contributed by atoms with Crippen LogP contribution in [0, 0.1) is 5.82 Å². The van der Waals surface area contributed by atoms with Crippen LogP contribution in [-0.4, -0.2) is 55.0 Å². The van der Waals surface area contributed by atoms with Gasteiger partial charge in [-0.1, -0.05) is 41.6 Å². The van der Waals surface area contributed by atoms with Crippen LogP contribution in [-0.2, 0) is 14.3 Å². The van der Waals surface area contributed by atoms with Crippen LogP contribution < -0.4 is 14.8 Å². The molecule has 7 nitrogen and oxygen atoms in total. The second-order valence-electron chi connectivity index (χ2n) is 7.06. The molecule has 34 heavy (non-hydrogen) atoms. The summed E-state index contributed by atoms with van der Waals surface area (Å²) < 4.78 is 29.7. The van der Waals surface area contributed by atoms with Gasteiger partial charge in [-0.15, -0.1) is 0 Å². The minimum atomic E-state index is -0.575. The number of nitrogens with zero attached hydrogens (tertiary/aromatic N) is 1. The van der Waals surface area contributed by atoms with Crippen molar-refractivity contribution in [1.82, 2.24) is 4.90 Å². The molecule has 3 rings (SSSR count). The first-order chi connectivity index (χ1) is 16.3. The molecule has 0 bridgehead atoms. The number of methoxy groups -OCH3 is 2. The zero-order chi connectivity index (χ0) is 24.7. The molecule has 1 heterocycles. The fraction of sp³-hybridized carbons (Fsp3) is 0.261. The quantitative estimate of drug-likeness (QED) is 0.273. The Hall–Kier alpha value is -2.66. The molecular formula is C23H22ClFN2O5S2. The van der Waals surface area contributed by atoms with E-state index in [-0.39, 0.29) is 17.5 Å². The van der Waals surface area contributed by atoms with Gasteiger partial charge in [0.1, 0.15) is 10.1 Å². The van der Waals surface area contributed by atoms with Gasteiger partial charge >= 0.3 is 0 Å². The summed E-state index contributed by atoms with van der Waals surface area (Å²) in [6, 6.07) is 8.95. The van der Waals surface area contributed by atoms with Gasteiger partial charge in [-0.05, 0) is 48.4 Å². The summed E-state index contributed by atoms with van der Waals surface area (Å²) in [5.74, 6) is -0.441. The molecule has 0 unspecified atom stereocenters. The molecule has 0 radical (unpaired) electrons. The molecule has 0 atom stereocenters. The highest BCUT2D eigenvalue weighted by atomic mass is 35.5. The Kier molecular flexibility index (Phi) is 9.28. The van der Waals surface area contributed by atoms with E-state index in [9.17, 15) is 14.0 Å². The van der Waals surface area contributed by atoms with Crippen LogP contribution in [0.15, 0.2) is 41.3 Å². The second kappa shape index (κ2) is 12.2. The normalized spacial score (nSPS) is 14.6. The summed E-state index contributed by atoms with van der Waals surface area (Å²) in [7, 11) is 3.08. The van der Waals surface area contributed by atoms with Gasteiger partial charge in [-0.2, -0.15) is 0 Å². The predicted octanol–water partition coefficient (Wildman–Crippen LogP) is 4.74. The van der Waals surface area contributed by atoms with Crippen molar-refractivity contribution < 1.29 is 28.2 Å². The van der Waals surface area contributed by atoms with E-state index in [1.807, 2.05) is 0 Å². The third-order valence-corrected chi connectivity index (χ3v) is 6.32. The van der Waals surface area contributed by atoms with Crippen molar-refractivity contribution in [1.29, 1.82) is 0 Å². The van der Waals surface area contributed by atoms with Crippen LogP contribution in [0.3, 0.4) is 0 Å². The molecule has 1 fully saturated rings. The number of amides is 2. The number of thioether (sulfide) groups is 1. The van der Waals surface area contributed by atoms with Crippen molar-refractivity contribution in [3.63, 3.8) is 0 Å². The van der Waals surface area contributed by atoms with E-state index in [4.69, 9.17) is 38.0 Å². The van der Waals surface area contributed by atoms with Crippen LogP contribution in [0.2, 0.25) is 5.02 Å². The Morgan fingerprint density at radius 2 is 2.03 bits per heavy atom. The fourth-order valence-corrected chi connectivity index (χ4v) is 4.51. The van der Waals surface area contributed by atoms with E-state index in [2.05, 4.69) is 5.32 Å². The lowest BCUT2D eigenvalue weighted by Crippen LogP contribution is -2.29. The molecule has 180 valence electrons. The summed E-state index contributed by atoms with van der Waals surface area (Å²) >= 11 is 12.3. The largest absolute Gasteiger partial charge is 0.493 e. The van der Waals surface area contributed by atoms with Crippen molar-refractivity contribution in [2.75, 3.05) is 39.3 Å². The SMILES string of the molecule is COCCCN1C(=O)/C(=C/c2ccc(OCC(=O)Nc3ccc(F)c(Cl)c3)c(OC)c2)SC1=S. The molecular weight excluding hydrogens is 503 g/mol. The van der Waals surface area contributed by atoms with Gasteiger partial charge in [-0.3, -0.25) is 14.5 Å². The Balaban J connectivity index is 1.64. The first-order valence-corrected chi connectivity index (χ1v) is 11.7. The average Bonchev–Trinajstić information content (AvgIpc) is 3.08. The van der Waals surface area contributed by atoms with Gasteiger partial charge in [0.05, 0.1) is 17.0 Å². The number of carbonyl (C=O) groups excluding carboxylic acids is 2. The number of carbonyl (C=O) groups is 2. The van der Waals surface area contributed by atoms with Crippen molar-refractivity contribution in [3.05, 3.63) is 57.7 Å². The van der Waals surface area contributed by atoms with Crippen LogP contribution >= 0.6 is 35.6 Å². The number of nitrogens with one attached hydrogen (secondary N) is 1. The van der Waals surface area contributed by atoms with Crippen LogP contribution in [0.1, 0.15) is 12.0 Å². The predicted molar refractivity (Wildman–Crippen MR) is 135 cm³/mol. The molecule has 0 aromatic heterocycles. The maximum absolute atomic E-state index is 13.3. The molecule has 2 amide bonds. The maximum Gasteiger partial charge on any atom is 0.266 e. The molecule has 11 heteroatoms. The number of hydrogen-bond acceptors (Lipinski definition) is 7. The van der Waals surface area contributed by atoms with Gasteiger partial charge in [-0.25, -0.2) is 4.39 Å². The van der Waals surface area contributed by atoms with E-state index in [1.54, 1.807) is 36.3 Å². The van der Waals surface area contributed by atoms with Crippen LogP contribution in [0.25, 0.3) is 6.08 Å². The van der Waals surface area contributed by atoms with Crippen LogP contribution in [0.5, 0.6) is 11.5 Å². The number of hydrogen-bond donors (Lipinski definition) is 1. The molecule has 2 aromatic rings. The summed E-state index contributed by atoms with van der Waals surface area (Å²) in [5, 5.41) is 2.48. The van der Waals surface area contributed by atoms with E-state index in [1.165, 1.54) is 31.0 Å². The lowest BCUT2D eigenvalue weighted by atomic mass is 10.2. The standard InChI is InChI=1S/C23H22ClFN2O5S2/c1-30-9-3-8-27-22(29)20(34-23(27)33)11-14-4-7-18(19(10-14)31-2)32-13-21(28)26-15-5-6-17(25)16(24)12-15/h4-7,10-12H,3,8-9,13H2,1-2H3,(H,26,28)/b20-11-. The number of benzene rings is 2. The van der Waals surface area contributed by atoms with Gasteiger partial charge < -0.3 is 19.5 Å². The Morgan fingerprint density at radius 3 is 2.74 bits per heavy atom. The van der Waals surface area contributed by atoms with Crippen molar-refractivity contribution in [2.24, 2.45) is 0 Å². The van der Waals surface area contributed by atoms with Gasteiger partial charge in [0, 0.05) is 25.9 Å².